The van der Waals surface area contributed by atoms with E-state index >= 15 is 0 Å². The van der Waals surface area contributed by atoms with Gasteiger partial charge in [0.2, 0.25) is 5.91 Å². The third-order valence-electron chi connectivity index (χ3n) is 4.55. The Morgan fingerprint density at radius 3 is 2.71 bits per heavy atom. The van der Waals surface area contributed by atoms with Gasteiger partial charge in [-0.3, -0.25) is 4.79 Å². The fourth-order valence-electron chi connectivity index (χ4n) is 3.13. The molecule has 0 bridgehead atoms. The van der Waals surface area contributed by atoms with Gasteiger partial charge in [-0.2, -0.15) is 0 Å². The van der Waals surface area contributed by atoms with E-state index in [4.69, 9.17) is 0 Å². The van der Waals surface area contributed by atoms with Crippen LogP contribution in [0.15, 0.2) is 30.3 Å². The van der Waals surface area contributed by atoms with E-state index in [2.05, 4.69) is 43.4 Å². The van der Waals surface area contributed by atoms with Crippen LogP contribution in [-0.4, -0.2) is 37.0 Å². The Morgan fingerprint density at radius 1 is 1.33 bits per heavy atom. The molecule has 0 aliphatic carbocycles. The molecule has 1 atom stereocenters. The molecule has 1 aliphatic rings. The maximum absolute atomic E-state index is 12.6. The Hall–Kier alpha value is -1.35. The first kappa shape index (κ1) is 16.0. The number of piperidine rings is 1. The molecule has 1 aromatic rings. The van der Waals surface area contributed by atoms with E-state index in [-0.39, 0.29) is 17.4 Å². The monoisotopic (exact) mass is 288 g/mol. The Bertz CT molecular complexity index is 456. The molecule has 0 saturated carbocycles. The quantitative estimate of drug-likeness (QED) is 0.903. The molecule has 1 fully saturated rings. The molecular weight excluding hydrogens is 260 g/mol. The van der Waals surface area contributed by atoms with E-state index in [1.165, 1.54) is 5.56 Å². The van der Waals surface area contributed by atoms with Crippen LogP contribution in [0, 0.1) is 5.41 Å². The van der Waals surface area contributed by atoms with Gasteiger partial charge >= 0.3 is 0 Å². The van der Waals surface area contributed by atoms with Crippen LogP contribution < -0.4 is 5.32 Å². The summed E-state index contributed by atoms with van der Waals surface area (Å²) in [6.45, 7) is 6.17. The standard InChI is InChI=1S/C18H28N2O/c1-18(2)12-8-13-19-16(18)17(21)20(3)14-7-11-15-9-5-4-6-10-15/h4-6,9-10,16,19H,7-8,11-14H2,1-3H3. The SMILES string of the molecule is CN(CCCc1ccccc1)C(=O)C1NCCCC1(C)C. The molecule has 1 heterocycles. The van der Waals surface area contributed by atoms with Crippen molar-refractivity contribution in [3.05, 3.63) is 35.9 Å². The largest absolute Gasteiger partial charge is 0.344 e. The predicted octanol–water partition coefficient (Wildman–Crippen LogP) is 2.86. The van der Waals surface area contributed by atoms with Gasteiger partial charge in [-0.25, -0.2) is 0 Å². The minimum Gasteiger partial charge on any atom is -0.344 e. The zero-order valence-corrected chi connectivity index (χ0v) is 13.6. The van der Waals surface area contributed by atoms with Crippen molar-refractivity contribution in [2.75, 3.05) is 20.1 Å². The average molecular weight is 288 g/mol. The highest BCUT2D eigenvalue weighted by Crippen LogP contribution is 2.30. The molecule has 21 heavy (non-hydrogen) atoms. The second-order valence-electron chi connectivity index (χ2n) is 6.83. The van der Waals surface area contributed by atoms with Crippen LogP contribution in [-0.2, 0) is 11.2 Å². The Balaban J connectivity index is 1.82. The van der Waals surface area contributed by atoms with Crippen LogP contribution in [0.1, 0.15) is 38.7 Å². The van der Waals surface area contributed by atoms with Crippen molar-refractivity contribution in [2.45, 2.75) is 45.6 Å². The first-order chi connectivity index (χ1) is 10.0. The maximum Gasteiger partial charge on any atom is 0.240 e. The molecular formula is C18H28N2O. The van der Waals surface area contributed by atoms with Gasteiger partial charge in [-0.1, -0.05) is 44.2 Å². The number of carbonyl (C=O) groups excluding carboxylic acids is 1. The number of aryl methyl sites for hydroxylation is 1. The van der Waals surface area contributed by atoms with Crippen LogP contribution in [0.5, 0.6) is 0 Å². The molecule has 116 valence electrons. The summed E-state index contributed by atoms with van der Waals surface area (Å²) in [6, 6.07) is 10.4. The van der Waals surface area contributed by atoms with Crippen molar-refractivity contribution >= 4 is 5.91 Å². The van der Waals surface area contributed by atoms with E-state index in [0.29, 0.717) is 0 Å². The highest BCUT2D eigenvalue weighted by atomic mass is 16.2. The Labute approximate surface area is 128 Å². The molecule has 3 heteroatoms. The summed E-state index contributed by atoms with van der Waals surface area (Å²) >= 11 is 0. The summed E-state index contributed by atoms with van der Waals surface area (Å²) in [7, 11) is 1.93. The summed E-state index contributed by atoms with van der Waals surface area (Å²) in [5.74, 6) is 0.243. The van der Waals surface area contributed by atoms with Gasteiger partial charge in [0, 0.05) is 13.6 Å². The molecule has 3 nitrogen and oxygen atoms in total. The van der Waals surface area contributed by atoms with Crippen molar-refractivity contribution in [3.8, 4) is 0 Å². The highest BCUT2D eigenvalue weighted by molar-refractivity contribution is 5.82. The fraction of sp³-hybridized carbons (Fsp3) is 0.611. The number of amides is 1. The number of nitrogens with zero attached hydrogens (tertiary/aromatic N) is 1. The number of carbonyl (C=O) groups is 1. The van der Waals surface area contributed by atoms with Gasteiger partial charge in [-0.15, -0.1) is 0 Å². The van der Waals surface area contributed by atoms with Gasteiger partial charge in [0.05, 0.1) is 6.04 Å². The van der Waals surface area contributed by atoms with Crippen molar-refractivity contribution in [3.63, 3.8) is 0 Å². The molecule has 2 rings (SSSR count). The number of likely N-dealkylation sites (N-methyl/N-ethyl adjacent to an activating group) is 1. The Kier molecular flexibility index (Phi) is 5.40. The van der Waals surface area contributed by atoms with Gasteiger partial charge in [0.15, 0.2) is 0 Å². The predicted molar refractivity (Wildman–Crippen MR) is 87.2 cm³/mol. The molecule has 0 radical (unpaired) electrons. The van der Waals surface area contributed by atoms with Crippen LogP contribution in [0.3, 0.4) is 0 Å². The smallest absolute Gasteiger partial charge is 0.240 e. The zero-order chi connectivity index (χ0) is 15.3. The molecule has 1 unspecified atom stereocenters. The fourth-order valence-corrected chi connectivity index (χ4v) is 3.13. The van der Waals surface area contributed by atoms with E-state index in [1.54, 1.807) is 0 Å². The number of nitrogens with one attached hydrogen (secondary N) is 1. The summed E-state index contributed by atoms with van der Waals surface area (Å²) in [5.41, 5.74) is 1.40. The number of hydrogen-bond acceptors (Lipinski definition) is 2. The van der Waals surface area contributed by atoms with Crippen molar-refractivity contribution in [1.82, 2.24) is 10.2 Å². The molecule has 0 aromatic heterocycles. The lowest BCUT2D eigenvalue weighted by Crippen LogP contribution is -2.56. The number of benzene rings is 1. The van der Waals surface area contributed by atoms with Gasteiger partial charge in [0.1, 0.15) is 0 Å². The average Bonchev–Trinajstić information content (AvgIpc) is 2.47. The zero-order valence-electron chi connectivity index (χ0n) is 13.6. The molecule has 1 saturated heterocycles. The van der Waals surface area contributed by atoms with Crippen molar-refractivity contribution in [2.24, 2.45) is 5.41 Å². The lowest BCUT2D eigenvalue weighted by Gasteiger charge is -2.40. The van der Waals surface area contributed by atoms with Crippen LogP contribution in [0.4, 0.5) is 0 Å². The normalized spacial score (nSPS) is 21.0. The van der Waals surface area contributed by atoms with E-state index in [1.807, 2.05) is 18.0 Å². The molecule has 0 spiro atoms. The maximum atomic E-state index is 12.6. The second kappa shape index (κ2) is 7.08. The Morgan fingerprint density at radius 2 is 2.05 bits per heavy atom. The van der Waals surface area contributed by atoms with Crippen LogP contribution in [0.2, 0.25) is 0 Å². The summed E-state index contributed by atoms with van der Waals surface area (Å²) in [5, 5.41) is 3.41. The third-order valence-corrected chi connectivity index (χ3v) is 4.55. The van der Waals surface area contributed by atoms with E-state index in [0.717, 1.165) is 38.8 Å². The minimum absolute atomic E-state index is 0.0343. The topological polar surface area (TPSA) is 32.3 Å². The van der Waals surface area contributed by atoms with E-state index < -0.39 is 0 Å². The number of rotatable bonds is 5. The second-order valence-corrected chi connectivity index (χ2v) is 6.83. The van der Waals surface area contributed by atoms with Crippen molar-refractivity contribution in [1.29, 1.82) is 0 Å². The van der Waals surface area contributed by atoms with Gasteiger partial charge in [0.25, 0.3) is 0 Å². The van der Waals surface area contributed by atoms with Crippen LogP contribution in [0.25, 0.3) is 0 Å². The molecule has 1 N–H and O–H groups in total. The van der Waals surface area contributed by atoms with Crippen molar-refractivity contribution < 1.29 is 4.79 Å². The lowest BCUT2D eigenvalue weighted by molar-refractivity contribution is -0.136. The first-order valence-corrected chi connectivity index (χ1v) is 8.03. The summed E-state index contributed by atoms with van der Waals surface area (Å²) < 4.78 is 0. The van der Waals surface area contributed by atoms with Crippen LogP contribution >= 0.6 is 0 Å². The third kappa shape index (κ3) is 4.31. The first-order valence-electron chi connectivity index (χ1n) is 8.03. The highest BCUT2D eigenvalue weighted by Gasteiger charge is 2.38. The van der Waals surface area contributed by atoms with Gasteiger partial charge in [-0.05, 0) is 43.2 Å². The molecule has 1 amide bonds. The summed E-state index contributed by atoms with van der Waals surface area (Å²) in [4.78, 5) is 14.5. The molecule has 1 aliphatic heterocycles. The van der Waals surface area contributed by atoms with E-state index in [9.17, 15) is 4.79 Å². The lowest BCUT2D eigenvalue weighted by atomic mass is 9.77. The number of hydrogen-bond donors (Lipinski definition) is 1. The van der Waals surface area contributed by atoms with Gasteiger partial charge < -0.3 is 10.2 Å². The molecule has 1 aromatic carbocycles. The minimum atomic E-state index is -0.0343. The summed E-state index contributed by atoms with van der Waals surface area (Å²) in [6.07, 6.45) is 4.32.